The van der Waals surface area contributed by atoms with Gasteiger partial charge in [0.25, 0.3) is 0 Å². The smallest absolute Gasteiger partial charge is 0.309 e. The molecule has 7 nitrogen and oxygen atoms in total. The van der Waals surface area contributed by atoms with E-state index in [1.807, 2.05) is 0 Å². The zero-order chi connectivity index (χ0) is 14.9. The third-order valence-corrected chi connectivity index (χ3v) is 3.93. The van der Waals surface area contributed by atoms with Crippen molar-refractivity contribution in [3.8, 4) is 23.0 Å². The number of benzene rings is 1. The van der Waals surface area contributed by atoms with Gasteiger partial charge in [-0.25, -0.2) is 0 Å². The van der Waals surface area contributed by atoms with E-state index < -0.39 is 0 Å². The summed E-state index contributed by atoms with van der Waals surface area (Å²) < 4.78 is 16.0. The number of fused-ring (bicyclic) bond motifs is 1. The van der Waals surface area contributed by atoms with Crippen LogP contribution in [0.1, 0.15) is 36.4 Å². The first-order valence-electron chi connectivity index (χ1n) is 7.34. The molecule has 2 aliphatic rings. The van der Waals surface area contributed by atoms with Gasteiger partial charge in [-0.1, -0.05) is 12.8 Å². The highest BCUT2D eigenvalue weighted by Crippen LogP contribution is 2.35. The molecule has 0 radical (unpaired) electrons. The Morgan fingerprint density at radius 1 is 1.14 bits per heavy atom. The van der Waals surface area contributed by atoms with E-state index in [0.717, 1.165) is 25.7 Å². The Bertz CT molecular complexity index is 707. The van der Waals surface area contributed by atoms with E-state index in [1.54, 1.807) is 18.2 Å². The molecule has 0 bridgehead atoms. The van der Waals surface area contributed by atoms with E-state index in [4.69, 9.17) is 13.9 Å². The molecule has 0 atom stereocenters. The van der Waals surface area contributed by atoms with Crippen molar-refractivity contribution in [1.82, 2.24) is 15.5 Å². The van der Waals surface area contributed by atoms with Gasteiger partial charge in [0.05, 0.1) is 0 Å². The maximum atomic E-state index is 12.1. The number of hydrogen-bond donors (Lipinski definition) is 1. The third-order valence-electron chi connectivity index (χ3n) is 3.93. The fourth-order valence-electron chi connectivity index (χ4n) is 2.78. The van der Waals surface area contributed by atoms with Crippen molar-refractivity contribution < 1.29 is 18.7 Å². The molecule has 22 heavy (non-hydrogen) atoms. The van der Waals surface area contributed by atoms with Crippen LogP contribution < -0.4 is 14.8 Å². The number of aromatic nitrogens is 2. The van der Waals surface area contributed by atoms with Crippen LogP contribution >= 0.6 is 0 Å². The summed E-state index contributed by atoms with van der Waals surface area (Å²) in [5.74, 6) is 1.27. The Labute approximate surface area is 126 Å². The van der Waals surface area contributed by atoms with Gasteiger partial charge in [0.2, 0.25) is 12.7 Å². The molecule has 0 spiro atoms. The van der Waals surface area contributed by atoms with Crippen LogP contribution in [-0.2, 0) is 0 Å². The molecule has 1 fully saturated rings. The van der Waals surface area contributed by atoms with Gasteiger partial charge in [0.15, 0.2) is 11.5 Å². The molecule has 1 aliphatic carbocycles. The third kappa shape index (κ3) is 2.38. The van der Waals surface area contributed by atoms with Gasteiger partial charge in [0, 0.05) is 11.6 Å². The van der Waals surface area contributed by atoms with Gasteiger partial charge in [0.1, 0.15) is 0 Å². The fourth-order valence-corrected chi connectivity index (χ4v) is 2.78. The first-order chi connectivity index (χ1) is 10.8. The molecule has 0 saturated heterocycles. The lowest BCUT2D eigenvalue weighted by molar-refractivity contribution is 0.0903. The highest BCUT2D eigenvalue weighted by molar-refractivity contribution is 5.89. The molecule has 0 unspecified atom stereocenters. The van der Waals surface area contributed by atoms with Gasteiger partial charge in [-0.05, 0) is 31.0 Å². The zero-order valence-corrected chi connectivity index (χ0v) is 11.9. The van der Waals surface area contributed by atoms with Gasteiger partial charge in [-0.15, -0.1) is 10.2 Å². The lowest BCUT2D eigenvalue weighted by atomic mass is 10.2. The van der Waals surface area contributed by atoms with Crippen molar-refractivity contribution in [2.24, 2.45) is 0 Å². The second-order valence-corrected chi connectivity index (χ2v) is 5.44. The maximum Gasteiger partial charge on any atom is 0.309 e. The summed E-state index contributed by atoms with van der Waals surface area (Å²) in [5, 5.41) is 10.7. The fraction of sp³-hybridized carbons (Fsp3) is 0.400. The average molecular weight is 301 g/mol. The topological polar surface area (TPSA) is 86.5 Å². The summed E-state index contributed by atoms with van der Waals surface area (Å²) in [7, 11) is 0. The standard InChI is InChI=1S/C15H15N3O4/c19-13(16-10-3-1-2-4-10)15-18-17-14(22-15)9-5-6-11-12(7-9)21-8-20-11/h5-7,10H,1-4,8H2,(H,16,19). The van der Waals surface area contributed by atoms with E-state index in [1.165, 1.54) is 0 Å². The van der Waals surface area contributed by atoms with E-state index >= 15 is 0 Å². The number of hydrogen-bond acceptors (Lipinski definition) is 6. The van der Waals surface area contributed by atoms with Crippen molar-refractivity contribution in [3.63, 3.8) is 0 Å². The molecule has 1 saturated carbocycles. The Hall–Kier alpha value is -2.57. The predicted octanol–water partition coefficient (Wildman–Crippen LogP) is 2.14. The van der Waals surface area contributed by atoms with Gasteiger partial charge in [-0.3, -0.25) is 4.79 Å². The van der Waals surface area contributed by atoms with Crippen LogP contribution in [0.2, 0.25) is 0 Å². The minimum atomic E-state index is -0.314. The van der Waals surface area contributed by atoms with Crippen LogP contribution in [0, 0.1) is 0 Å². The Kier molecular flexibility index (Phi) is 3.17. The van der Waals surface area contributed by atoms with Crippen LogP contribution in [0.15, 0.2) is 22.6 Å². The number of nitrogens with one attached hydrogen (secondary N) is 1. The second-order valence-electron chi connectivity index (χ2n) is 5.44. The van der Waals surface area contributed by atoms with E-state index in [2.05, 4.69) is 15.5 Å². The van der Waals surface area contributed by atoms with E-state index in [-0.39, 0.29) is 30.5 Å². The number of nitrogens with zero attached hydrogens (tertiary/aromatic N) is 2. The van der Waals surface area contributed by atoms with Crippen LogP contribution in [0.5, 0.6) is 11.5 Å². The second kappa shape index (κ2) is 5.32. The largest absolute Gasteiger partial charge is 0.454 e. The lowest BCUT2D eigenvalue weighted by Gasteiger charge is -2.08. The molecule has 4 rings (SSSR count). The van der Waals surface area contributed by atoms with Crippen LogP contribution in [0.3, 0.4) is 0 Å². The number of amides is 1. The van der Waals surface area contributed by atoms with Gasteiger partial charge >= 0.3 is 11.8 Å². The predicted molar refractivity (Wildman–Crippen MR) is 75.6 cm³/mol. The van der Waals surface area contributed by atoms with Crippen LogP contribution in [0.25, 0.3) is 11.5 Å². The van der Waals surface area contributed by atoms with Crippen LogP contribution in [0.4, 0.5) is 0 Å². The summed E-state index contributed by atoms with van der Waals surface area (Å²) in [6, 6.07) is 5.54. The Morgan fingerprint density at radius 3 is 2.82 bits per heavy atom. The van der Waals surface area contributed by atoms with E-state index in [9.17, 15) is 4.79 Å². The lowest BCUT2D eigenvalue weighted by Crippen LogP contribution is -2.32. The van der Waals surface area contributed by atoms with Crippen molar-refractivity contribution in [2.75, 3.05) is 6.79 Å². The number of carbonyl (C=O) groups excluding carboxylic acids is 1. The SMILES string of the molecule is O=C(NC1CCCC1)c1nnc(-c2ccc3c(c2)OCO3)o1. The summed E-state index contributed by atoms with van der Waals surface area (Å²) in [5.41, 5.74) is 0.691. The normalized spacial score (nSPS) is 16.9. The quantitative estimate of drug-likeness (QED) is 0.934. The Morgan fingerprint density at radius 2 is 1.95 bits per heavy atom. The van der Waals surface area contributed by atoms with Crippen molar-refractivity contribution in [2.45, 2.75) is 31.7 Å². The monoisotopic (exact) mass is 301 g/mol. The number of carbonyl (C=O) groups is 1. The van der Waals surface area contributed by atoms with Crippen molar-refractivity contribution >= 4 is 5.91 Å². The molecular weight excluding hydrogens is 286 g/mol. The van der Waals surface area contributed by atoms with Crippen molar-refractivity contribution in [1.29, 1.82) is 0 Å². The molecule has 2 aromatic rings. The van der Waals surface area contributed by atoms with E-state index in [0.29, 0.717) is 17.1 Å². The van der Waals surface area contributed by atoms with Gasteiger partial charge < -0.3 is 19.2 Å². The first-order valence-corrected chi connectivity index (χ1v) is 7.34. The molecule has 1 amide bonds. The molecular formula is C15H15N3O4. The zero-order valence-electron chi connectivity index (χ0n) is 11.9. The Balaban J connectivity index is 1.52. The maximum absolute atomic E-state index is 12.1. The minimum absolute atomic E-state index is 0.0143. The molecule has 1 aromatic carbocycles. The van der Waals surface area contributed by atoms with Crippen molar-refractivity contribution in [3.05, 3.63) is 24.1 Å². The highest BCUT2D eigenvalue weighted by Gasteiger charge is 2.22. The summed E-state index contributed by atoms with van der Waals surface area (Å²) in [4.78, 5) is 12.1. The highest BCUT2D eigenvalue weighted by atomic mass is 16.7. The molecule has 2 heterocycles. The number of ether oxygens (including phenoxy) is 2. The first kappa shape index (κ1) is 13.1. The van der Waals surface area contributed by atoms with Crippen LogP contribution in [-0.4, -0.2) is 28.9 Å². The minimum Gasteiger partial charge on any atom is -0.454 e. The summed E-state index contributed by atoms with van der Waals surface area (Å²) >= 11 is 0. The molecule has 1 aliphatic heterocycles. The summed E-state index contributed by atoms with van der Waals surface area (Å²) in [6.45, 7) is 0.206. The average Bonchev–Trinajstić information content (AvgIpc) is 3.27. The molecule has 7 heteroatoms. The van der Waals surface area contributed by atoms with Gasteiger partial charge in [-0.2, -0.15) is 0 Å². The molecule has 1 N–H and O–H groups in total. The molecule has 1 aromatic heterocycles. The number of rotatable bonds is 3. The summed E-state index contributed by atoms with van der Waals surface area (Å²) in [6.07, 6.45) is 4.32. The molecule has 114 valence electrons.